The van der Waals surface area contributed by atoms with Gasteiger partial charge in [-0.15, -0.1) is 11.3 Å². The molecule has 0 radical (unpaired) electrons. The summed E-state index contributed by atoms with van der Waals surface area (Å²) in [6.45, 7) is 0. The normalized spacial score (nSPS) is 10.7. The van der Waals surface area contributed by atoms with Crippen LogP contribution in [0.15, 0.2) is 42.5 Å². The molecule has 116 valence electrons. The lowest BCUT2D eigenvalue weighted by Crippen LogP contribution is -2.10. The van der Waals surface area contributed by atoms with E-state index < -0.39 is 16.6 Å². The molecule has 3 rings (SSSR count). The summed E-state index contributed by atoms with van der Waals surface area (Å²) < 4.78 is 13.8. The van der Waals surface area contributed by atoms with Crippen molar-refractivity contribution in [3.05, 3.63) is 68.3 Å². The Bertz CT molecular complexity index is 924. The highest BCUT2D eigenvalue weighted by atomic mass is 35.5. The van der Waals surface area contributed by atoms with E-state index in [1.165, 1.54) is 42.5 Å². The lowest BCUT2D eigenvalue weighted by molar-refractivity contribution is -0.384. The summed E-state index contributed by atoms with van der Waals surface area (Å²) in [5.74, 6) is -0.858. The molecule has 0 bridgehead atoms. The summed E-state index contributed by atoms with van der Waals surface area (Å²) in [7, 11) is 0. The molecule has 0 spiro atoms. The highest BCUT2D eigenvalue weighted by molar-refractivity contribution is 7.21. The molecule has 1 N–H and O–H groups in total. The van der Waals surface area contributed by atoms with E-state index >= 15 is 0 Å². The molecule has 5 nitrogen and oxygen atoms in total. The van der Waals surface area contributed by atoms with E-state index in [1.54, 1.807) is 0 Å². The summed E-state index contributed by atoms with van der Waals surface area (Å²) in [6.07, 6.45) is 0. The van der Waals surface area contributed by atoms with Gasteiger partial charge in [0.1, 0.15) is 10.7 Å². The van der Waals surface area contributed by atoms with Gasteiger partial charge in [-0.2, -0.15) is 0 Å². The van der Waals surface area contributed by atoms with Crippen LogP contribution >= 0.6 is 22.9 Å². The zero-order chi connectivity index (χ0) is 16.6. The number of anilines is 1. The van der Waals surface area contributed by atoms with Crippen LogP contribution in [0.2, 0.25) is 5.02 Å². The van der Waals surface area contributed by atoms with Crippen molar-refractivity contribution in [1.29, 1.82) is 0 Å². The number of nitro benzene ring substituents is 1. The third kappa shape index (κ3) is 3.01. The van der Waals surface area contributed by atoms with E-state index in [-0.39, 0.29) is 15.6 Å². The fraction of sp³-hybridized carbons (Fsp3) is 0. The number of nitro groups is 1. The lowest BCUT2D eigenvalue weighted by atomic mass is 10.2. The van der Waals surface area contributed by atoms with Crippen LogP contribution < -0.4 is 5.32 Å². The summed E-state index contributed by atoms with van der Waals surface area (Å²) in [5.41, 5.74) is 0.332. The number of hydrogen-bond acceptors (Lipinski definition) is 4. The molecule has 2 aromatic carbocycles. The van der Waals surface area contributed by atoms with Gasteiger partial charge in [-0.25, -0.2) is 4.39 Å². The van der Waals surface area contributed by atoms with E-state index in [0.29, 0.717) is 15.8 Å². The van der Waals surface area contributed by atoms with Gasteiger partial charge in [-0.05, 0) is 30.3 Å². The summed E-state index contributed by atoms with van der Waals surface area (Å²) in [4.78, 5) is 22.6. The number of amides is 1. The van der Waals surface area contributed by atoms with Gasteiger partial charge in [0.15, 0.2) is 0 Å². The number of fused-ring (bicyclic) bond motifs is 1. The lowest BCUT2D eigenvalue weighted by Gasteiger charge is -2.03. The van der Waals surface area contributed by atoms with Crippen LogP contribution in [0.5, 0.6) is 0 Å². The molecule has 0 fully saturated rings. The van der Waals surface area contributed by atoms with Crippen LogP contribution in [0.25, 0.3) is 10.1 Å². The van der Waals surface area contributed by atoms with Gasteiger partial charge in [0.25, 0.3) is 11.6 Å². The molecule has 1 heterocycles. The second-order valence-electron chi connectivity index (χ2n) is 4.64. The van der Waals surface area contributed by atoms with Crippen molar-refractivity contribution >= 4 is 50.3 Å². The minimum atomic E-state index is -0.525. The van der Waals surface area contributed by atoms with Crippen LogP contribution in [-0.2, 0) is 0 Å². The first-order valence-electron chi connectivity index (χ1n) is 6.39. The molecule has 0 unspecified atom stereocenters. The predicted molar refractivity (Wildman–Crippen MR) is 87.8 cm³/mol. The number of non-ortho nitro benzene ring substituents is 1. The number of nitrogens with one attached hydrogen (secondary N) is 1. The van der Waals surface area contributed by atoms with Crippen molar-refractivity contribution in [2.45, 2.75) is 0 Å². The van der Waals surface area contributed by atoms with Crippen molar-refractivity contribution in [3.8, 4) is 0 Å². The maximum Gasteiger partial charge on any atom is 0.269 e. The predicted octanol–water partition coefficient (Wildman–Crippen LogP) is 4.85. The first-order valence-corrected chi connectivity index (χ1v) is 7.58. The summed E-state index contributed by atoms with van der Waals surface area (Å²) >= 11 is 7.26. The molecule has 3 aromatic rings. The zero-order valence-corrected chi connectivity index (χ0v) is 13.0. The number of halogens is 2. The molecule has 23 heavy (non-hydrogen) atoms. The SMILES string of the molecule is O=C(Nc1ccc([N+](=O)[O-])cc1)c1sc2cc(F)ccc2c1Cl. The Morgan fingerprint density at radius 1 is 1.22 bits per heavy atom. The van der Waals surface area contributed by atoms with Gasteiger partial charge < -0.3 is 5.32 Å². The van der Waals surface area contributed by atoms with Crippen LogP contribution in [0.1, 0.15) is 9.67 Å². The molecule has 1 aromatic heterocycles. The Balaban J connectivity index is 1.88. The van der Waals surface area contributed by atoms with Crippen molar-refractivity contribution in [3.63, 3.8) is 0 Å². The van der Waals surface area contributed by atoms with Gasteiger partial charge in [-0.3, -0.25) is 14.9 Å². The van der Waals surface area contributed by atoms with Crippen LogP contribution in [-0.4, -0.2) is 10.8 Å². The maximum absolute atomic E-state index is 13.2. The number of thiophene rings is 1. The minimum Gasteiger partial charge on any atom is -0.321 e. The Morgan fingerprint density at radius 3 is 2.57 bits per heavy atom. The molecule has 0 atom stereocenters. The fourth-order valence-electron chi connectivity index (χ4n) is 2.04. The molecule has 0 saturated heterocycles. The maximum atomic E-state index is 13.2. The Kier molecular flexibility index (Phi) is 3.97. The third-order valence-corrected chi connectivity index (χ3v) is 4.79. The average Bonchev–Trinajstić information content (AvgIpc) is 2.84. The quantitative estimate of drug-likeness (QED) is 0.542. The van der Waals surface area contributed by atoms with Crippen molar-refractivity contribution < 1.29 is 14.1 Å². The highest BCUT2D eigenvalue weighted by Gasteiger charge is 2.18. The van der Waals surface area contributed by atoms with E-state index in [0.717, 1.165) is 11.3 Å². The van der Waals surface area contributed by atoms with Crippen LogP contribution in [0.3, 0.4) is 0 Å². The van der Waals surface area contributed by atoms with Gasteiger partial charge >= 0.3 is 0 Å². The number of carbonyl (C=O) groups excluding carboxylic acids is 1. The van der Waals surface area contributed by atoms with Crippen molar-refractivity contribution in [1.82, 2.24) is 0 Å². The van der Waals surface area contributed by atoms with E-state index in [4.69, 9.17) is 11.6 Å². The topological polar surface area (TPSA) is 72.2 Å². The van der Waals surface area contributed by atoms with Crippen molar-refractivity contribution in [2.75, 3.05) is 5.32 Å². The fourth-order valence-corrected chi connectivity index (χ4v) is 3.48. The Morgan fingerprint density at radius 2 is 1.91 bits per heavy atom. The van der Waals surface area contributed by atoms with E-state index in [1.807, 2.05) is 0 Å². The monoisotopic (exact) mass is 350 g/mol. The molecule has 0 aliphatic rings. The molecule has 1 amide bonds. The zero-order valence-electron chi connectivity index (χ0n) is 11.4. The number of rotatable bonds is 3. The summed E-state index contributed by atoms with van der Waals surface area (Å²) in [6, 6.07) is 9.54. The molecule has 8 heteroatoms. The van der Waals surface area contributed by atoms with Gasteiger partial charge in [-0.1, -0.05) is 11.6 Å². The molecule has 0 aliphatic heterocycles. The Hall–Kier alpha value is -2.51. The van der Waals surface area contributed by atoms with Gasteiger partial charge in [0.05, 0.1) is 9.95 Å². The number of carbonyl (C=O) groups is 1. The second kappa shape index (κ2) is 5.94. The summed E-state index contributed by atoms with van der Waals surface area (Å²) in [5, 5.41) is 14.1. The molecule has 0 saturated carbocycles. The second-order valence-corrected chi connectivity index (χ2v) is 6.07. The number of nitrogens with zero attached hydrogens (tertiary/aromatic N) is 1. The average molecular weight is 351 g/mol. The van der Waals surface area contributed by atoms with Crippen LogP contribution in [0, 0.1) is 15.9 Å². The molecule has 0 aliphatic carbocycles. The van der Waals surface area contributed by atoms with E-state index in [9.17, 15) is 19.3 Å². The first kappa shape index (κ1) is 15.4. The van der Waals surface area contributed by atoms with Crippen molar-refractivity contribution in [2.24, 2.45) is 0 Å². The Labute approximate surface area is 138 Å². The van der Waals surface area contributed by atoms with Crippen LogP contribution in [0.4, 0.5) is 15.8 Å². The number of benzene rings is 2. The third-order valence-electron chi connectivity index (χ3n) is 3.13. The number of hydrogen-bond donors (Lipinski definition) is 1. The molecular weight excluding hydrogens is 343 g/mol. The minimum absolute atomic E-state index is 0.0710. The largest absolute Gasteiger partial charge is 0.321 e. The first-order chi connectivity index (χ1) is 11.0. The highest BCUT2D eigenvalue weighted by Crippen LogP contribution is 2.36. The van der Waals surface area contributed by atoms with Gasteiger partial charge in [0.2, 0.25) is 0 Å². The van der Waals surface area contributed by atoms with Gasteiger partial charge in [0, 0.05) is 27.9 Å². The smallest absolute Gasteiger partial charge is 0.269 e. The molecular formula is C15H8ClFN2O3S. The standard InChI is InChI=1S/C15H8ClFN2O3S/c16-13-11-6-1-8(17)7-12(11)23-14(13)15(20)18-9-2-4-10(5-3-9)19(21)22/h1-7H,(H,18,20). The van der Waals surface area contributed by atoms with E-state index in [2.05, 4.69) is 5.32 Å².